The smallest absolute Gasteiger partial charge is 0.313 e. The third-order valence-electron chi connectivity index (χ3n) is 6.28. The lowest BCUT2D eigenvalue weighted by Gasteiger charge is -2.28. The van der Waals surface area contributed by atoms with Gasteiger partial charge in [0.15, 0.2) is 5.78 Å². The first-order chi connectivity index (χ1) is 12.5. The van der Waals surface area contributed by atoms with E-state index in [1.165, 1.54) is 12.8 Å². The number of aryl methyl sites for hydroxylation is 2. The van der Waals surface area contributed by atoms with Crippen molar-refractivity contribution < 1.29 is 14.7 Å². The number of carboxylic acids is 1. The second-order valence-electron chi connectivity index (χ2n) is 7.96. The van der Waals surface area contributed by atoms with Gasteiger partial charge in [-0.1, -0.05) is 0 Å². The number of hydrogen-bond acceptors (Lipinski definition) is 4. The fraction of sp³-hybridized carbons (Fsp3) is 0.650. The molecular formula is C20H27N3O3. The number of nitrogens with zero attached hydrogens (tertiary/aromatic N) is 3. The molecule has 6 nitrogen and oxygen atoms in total. The van der Waals surface area contributed by atoms with E-state index in [0.29, 0.717) is 25.7 Å². The molecule has 2 aliphatic carbocycles. The number of rotatable bonds is 5. The zero-order chi connectivity index (χ0) is 18.5. The molecule has 1 saturated heterocycles. The first kappa shape index (κ1) is 17.3. The minimum Gasteiger partial charge on any atom is -0.481 e. The molecule has 6 heteroatoms. The molecule has 1 atom stereocenters. The summed E-state index contributed by atoms with van der Waals surface area (Å²) in [6.45, 7) is 6.97. The third-order valence-corrected chi connectivity index (χ3v) is 6.28. The molecule has 1 N–H and O–H groups in total. The van der Waals surface area contributed by atoms with Crippen LogP contribution in [0, 0.1) is 12.3 Å². The van der Waals surface area contributed by atoms with Crippen LogP contribution in [0.2, 0.25) is 0 Å². The molecule has 0 bridgehead atoms. The topological polar surface area (TPSA) is 75.4 Å². The average Bonchev–Trinajstić information content (AvgIpc) is 3.12. The van der Waals surface area contributed by atoms with Crippen LogP contribution in [0.15, 0.2) is 11.6 Å². The summed E-state index contributed by atoms with van der Waals surface area (Å²) in [4.78, 5) is 26.6. The molecule has 3 aliphatic rings. The standard InChI is InChI=1S/C20H27N3O3/c1-3-23-18(22-8-4-5-9-22)17(13(2)21-23)14-10-15(12-16(24)11-14)20(6-7-20)19(25)26/h12,14H,3-11H2,1-2H3,(H,25,26). The van der Waals surface area contributed by atoms with Crippen LogP contribution in [0.1, 0.15) is 62.6 Å². The van der Waals surface area contributed by atoms with Crippen LogP contribution in [0.5, 0.6) is 0 Å². The van der Waals surface area contributed by atoms with Gasteiger partial charge in [0, 0.05) is 37.5 Å². The summed E-state index contributed by atoms with van der Waals surface area (Å²) >= 11 is 0. The van der Waals surface area contributed by atoms with Crippen molar-refractivity contribution in [2.75, 3.05) is 18.0 Å². The number of allylic oxidation sites excluding steroid dienone is 1. The van der Waals surface area contributed by atoms with E-state index in [1.54, 1.807) is 6.08 Å². The Morgan fingerprint density at radius 1 is 1.31 bits per heavy atom. The number of anilines is 1. The molecule has 1 unspecified atom stereocenters. The van der Waals surface area contributed by atoms with Crippen molar-refractivity contribution >= 4 is 17.6 Å². The summed E-state index contributed by atoms with van der Waals surface area (Å²) in [7, 11) is 0. The van der Waals surface area contributed by atoms with Crippen LogP contribution >= 0.6 is 0 Å². The Kier molecular flexibility index (Phi) is 4.16. The van der Waals surface area contributed by atoms with Crippen molar-refractivity contribution in [2.24, 2.45) is 5.41 Å². The fourth-order valence-corrected chi connectivity index (χ4v) is 4.77. The van der Waals surface area contributed by atoms with Gasteiger partial charge in [-0.25, -0.2) is 4.68 Å². The molecule has 0 amide bonds. The number of ketones is 1. The van der Waals surface area contributed by atoms with Crippen LogP contribution in [-0.4, -0.2) is 39.7 Å². The lowest BCUT2D eigenvalue weighted by molar-refractivity contribution is -0.141. The van der Waals surface area contributed by atoms with Gasteiger partial charge in [-0.2, -0.15) is 5.10 Å². The number of aromatic nitrogens is 2. The van der Waals surface area contributed by atoms with Crippen molar-refractivity contribution in [1.29, 1.82) is 0 Å². The van der Waals surface area contributed by atoms with Gasteiger partial charge < -0.3 is 10.0 Å². The highest BCUT2D eigenvalue weighted by molar-refractivity contribution is 5.95. The van der Waals surface area contributed by atoms with Gasteiger partial charge in [0.05, 0.1) is 11.1 Å². The monoisotopic (exact) mass is 357 g/mol. The van der Waals surface area contributed by atoms with Crippen molar-refractivity contribution in [1.82, 2.24) is 9.78 Å². The average molecular weight is 357 g/mol. The minimum absolute atomic E-state index is 0.0372. The molecule has 4 rings (SSSR count). The number of hydrogen-bond donors (Lipinski definition) is 1. The van der Waals surface area contributed by atoms with Gasteiger partial charge in [-0.3, -0.25) is 9.59 Å². The molecule has 1 aromatic rings. The summed E-state index contributed by atoms with van der Waals surface area (Å²) in [5, 5.41) is 14.4. The predicted octanol–water partition coefficient (Wildman–Crippen LogP) is 3.05. The summed E-state index contributed by atoms with van der Waals surface area (Å²) in [6, 6.07) is 0. The van der Waals surface area contributed by atoms with Crippen LogP contribution < -0.4 is 4.90 Å². The van der Waals surface area contributed by atoms with E-state index >= 15 is 0 Å². The normalized spacial score (nSPS) is 24.7. The molecule has 1 aliphatic heterocycles. The lowest BCUT2D eigenvalue weighted by atomic mass is 9.77. The Labute approximate surface area is 153 Å². The maximum Gasteiger partial charge on any atom is 0.313 e. The van der Waals surface area contributed by atoms with Crippen molar-refractivity contribution in [3.05, 3.63) is 22.9 Å². The number of aliphatic carboxylic acids is 1. The van der Waals surface area contributed by atoms with Gasteiger partial charge in [0.2, 0.25) is 0 Å². The zero-order valence-corrected chi connectivity index (χ0v) is 15.6. The molecule has 0 aromatic carbocycles. The maximum atomic E-state index is 12.5. The quantitative estimate of drug-likeness (QED) is 0.876. The molecule has 1 saturated carbocycles. The van der Waals surface area contributed by atoms with Crippen molar-refractivity contribution in [2.45, 2.75) is 64.8 Å². The van der Waals surface area contributed by atoms with Crippen molar-refractivity contribution in [3.63, 3.8) is 0 Å². The summed E-state index contributed by atoms with van der Waals surface area (Å²) < 4.78 is 2.06. The van der Waals surface area contributed by atoms with Gasteiger partial charge in [0.1, 0.15) is 5.82 Å². The van der Waals surface area contributed by atoms with E-state index in [2.05, 4.69) is 16.5 Å². The van der Waals surface area contributed by atoms with E-state index in [-0.39, 0.29) is 11.7 Å². The summed E-state index contributed by atoms with van der Waals surface area (Å²) in [5.41, 5.74) is 2.18. The second kappa shape index (κ2) is 6.25. The highest BCUT2D eigenvalue weighted by Gasteiger charge is 2.54. The lowest BCUT2D eigenvalue weighted by Crippen LogP contribution is -2.26. The Morgan fingerprint density at radius 2 is 2.00 bits per heavy atom. The van der Waals surface area contributed by atoms with Gasteiger partial charge in [-0.05, 0) is 57.6 Å². The Morgan fingerprint density at radius 3 is 2.58 bits per heavy atom. The van der Waals surface area contributed by atoms with Crippen LogP contribution in [0.4, 0.5) is 5.82 Å². The van der Waals surface area contributed by atoms with E-state index in [9.17, 15) is 14.7 Å². The van der Waals surface area contributed by atoms with E-state index < -0.39 is 11.4 Å². The minimum atomic E-state index is -0.781. The molecule has 2 fully saturated rings. The molecule has 1 aromatic heterocycles. The van der Waals surface area contributed by atoms with E-state index in [4.69, 9.17) is 5.10 Å². The summed E-state index contributed by atoms with van der Waals surface area (Å²) in [6.07, 6.45) is 6.41. The third kappa shape index (κ3) is 2.66. The number of carbonyl (C=O) groups is 2. The summed E-state index contributed by atoms with van der Waals surface area (Å²) in [5.74, 6) is 0.467. The highest BCUT2D eigenvalue weighted by atomic mass is 16.4. The van der Waals surface area contributed by atoms with Gasteiger partial charge in [0.25, 0.3) is 0 Å². The number of carbonyl (C=O) groups excluding carboxylic acids is 1. The zero-order valence-electron chi connectivity index (χ0n) is 15.6. The first-order valence-electron chi connectivity index (χ1n) is 9.76. The van der Waals surface area contributed by atoms with Gasteiger partial charge in [-0.15, -0.1) is 0 Å². The Bertz CT molecular complexity index is 782. The van der Waals surface area contributed by atoms with Crippen LogP contribution in [-0.2, 0) is 16.1 Å². The molecule has 0 radical (unpaired) electrons. The molecular weight excluding hydrogens is 330 g/mol. The molecule has 0 spiro atoms. The van der Waals surface area contributed by atoms with Crippen LogP contribution in [0.25, 0.3) is 0 Å². The maximum absolute atomic E-state index is 12.5. The SMILES string of the molecule is CCn1nc(C)c(C2CC(=O)C=C(C3(C(=O)O)CC3)C2)c1N1CCCC1. The van der Waals surface area contributed by atoms with E-state index in [1.807, 2.05) is 6.92 Å². The fourth-order valence-electron chi connectivity index (χ4n) is 4.77. The second-order valence-corrected chi connectivity index (χ2v) is 7.96. The van der Waals surface area contributed by atoms with E-state index in [0.717, 1.165) is 42.3 Å². The van der Waals surface area contributed by atoms with Gasteiger partial charge >= 0.3 is 5.97 Å². The first-order valence-corrected chi connectivity index (χ1v) is 9.76. The number of carboxylic acid groups (broad SMARTS) is 1. The molecule has 26 heavy (non-hydrogen) atoms. The molecule has 140 valence electrons. The Balaban J connectivity index is 1.72. The Hall–Kier alpha value is -2.11. The van der Waals surface area contributed by atoms with Crippen molar-refractivity contribution in [3.8, 4) is 0 Å². The largest absolute Gasteiger partial charge is 0.481 e. The predicted molar refractivity (Wildman–Crippen MR) is 98.5 cm³/mol. The molecule has 2 heterocycles. The highest BCUT2D eigenvalue weighted by Crippen LogP contribution is 2.56. The van der Waals surface area contributed by atoms with Crippen LogP contribution in [0.3, 0.4) is 0 Å².